The summed E-state index contributed by atoms with van der Waals surface area (Å²) in [7, 11) is 1.74. The molecule has 0 spiro atoms. The molecule has 1 aliphatic carbocycles. The van der Waals surface area contributed by atoms with Crippen LogP contribution in [0.25, 0.3) is 0 Å². The number of aromatic nitrogens is 6. The van der Waals surface area contributed by atoms with Gasteiger partial charge in [-0.25, -0.2) is 14.6 Å². The summed E-state index contributed by atoms with van der Waals surface area (Å²) in [6.45, 7) is 0.415. The van der Waals surface area contributed by atoms with Crippen molar-refractivity contribution >= 4 is 17.7 Å². The summed E-state index contributed by atoms with van der Waals surface area (Å²) in [5.41, 5.74) is 1.92. The van der Waals surface area contributed by atoms with Crippen LogP contribution in [0.4, 0.5) is 0 Å². The summed E-state index contributed by atoms with van der Waals surface area (Å²) >= 11 is 1.30. The molecule has 1 saturated carbocycles. The van der Waals surface area contributed by atoms with E-state index in [9.17, 15) is 4.79 Å². The molecule has 0 saturated heterocycles. The number of nitrogens with zero attached hydrogens (tertiary/aromatic N) is 6. The lowest BCUT2D eigenvalue weighted by Gasteiger charge is -2.05. The van der Waals surface area contributed by atoms with Crippen molar-refractivity contribution in [1.82, 2.24) is 35.5 Å². The van der Waals surface area contributed by atoms with Crippen LogP contribution in [0.2, 0.25) is 0 Å². The van der Waals surface area contributed by atoms with Crippen LogP contribution in [0, 0.1) is 0 Å². The molecule has 1 fully saturated rings. The zero-order valence-electron chi connectivity index (χ0n) is 11.6. The van der Waals surface area contributed by atoms with Gasteiger partial charge in [0.1, 0.15) is 6.33 Å². The lowest BCUT2D eigenvalue weighted by Crippen LogP contribution is -2.25. The first-order valence-electron chi connectivity index (χ1n) is 6.65. The third kappa shape index (κ3) is 3.75. The predicted octanol–water partition coefficient (Wildman–Crippen LogP) is 0.286. The lowest BCUT2D eigenvalue weighted by atomic mass is 10.2. The van der Waals surface area contributed by atoms with Crippen molar-refractivity contribution in [3.05, 3.63) is 23.8 Å². The molecule has 9 heteroatoms. The van der Waals surface area contributed by atoms with Crippen molar-refractivity contribution < 1.29 is 4.79 Å². The number of tetrazole rings is 1. The van der Waals surface area contributed by atoms with Gasteiger partial charge >= 0.3 is 0 Å². The standard InChI is InChI=1S/C12H15N7OS/c1-19-12(16-17-18-19)21-6-11(20)13-5-9-4-10(8-2-3-8)15-7-14-9/h4,7-8H,2-3,5-6H2,1H3,(H,13,20). The highest BCUT2D eigenvalue weighted by atomic mass is 32.2. The second kappa shape index (κ2) is 6.17. The minimum Gasteiger partial charge on any atom is -0.350 e. The second-order valence-electron chi connectivity index (χ2n) is 4.86. The van der Waals surface area contributed by atoms with Crippen molar-refractivity contribution in [2.45, 2.75) is 30.5 Å². The minimum atomic E-state index is -0.0745. The number of aryl methyl sites for hydroxylation is 1. The van der Waals surface area contributed by atoms with Gasteiger partial charge in [0.05, 0.1) is 18.0 Å². The van der Waals surface area contributed by atoms with Crippen molar-refractivity contribution in [2.75, 3.05) is 5.75 Å². The number of amides is 1. The predicted molar refractivity (Wildman–Crippen MR) is 75.4 cm³/mol. The number of carbonyl (C=O) groups excluding carboxylic acids is 1. The van der Waals surface area contributed by atoms with E-state index in [-0.39, 0.29) is 11.7 Å². The van der Waals surface area contributed by atoms with Crippen molar-refractivity contribution in [2.24, 2.45) is 7.05 Å². The van der Waals surface area contributed by atoms with E-state index in [1.807, 2.05) is 6.07 Å². The summed E-state index contributed by atoms with van der Waals surface area (Å²) < 4.78 is 1.53. The molecule has 0 unspecified atom stereocenters. The minimum absolute atomic E-state index is 0.0745. The Hall–Kier alpha value is -2.03. The highest BCUT2D eigenvalue weighted by molar-refractivity contribution is 7.99. The molecular weight excluding hydrogens is 290 g/mol. The molecule has 1 amide bonds. The monoisotopic (exact) mass is 305 g/mol. The Morgan fingerprint density at radius 1 is 1.48 bits per heavy atom. The molecule has 3 rings (SSSR count). The van der Waals surface area contributed by atoms with Crippen LogP contribution >= 0.6 is 11.8 Å². The van der Waals surface area contributed by atoms with Gasteiger partial charge in [0.2, 0.25) is 11.1 Å². The Morgan fingerprint density at radius 2 is 2.33 bits per heavy atom. The quantitative estimate of drug-likeness (QED) is 0.766. The van der Waals surface area contributed by atoms with E-state index < -0.39 is 0 Å². The maximum absolute atomic E-state index is 11.8. The molecule has 8 nitrogen and oxygen atoms in total. The second-order valence-corrected chi connectivity index (χ2v) is 5.80. The van der Waals surface area contributed by atoms with Gasteiger partial charge in [-0.1, -0.05) is 11.8 Å². The third-order valence-corrected chi connectivity index (χ3v) is 4.13. The zero-order chi connectivity index (χ0) is 14.7. The number of thioether (sulfide) groups is 1. The van der Waals surface area contributed by atoms with Crippen LogP contribution < -0.4 is 5.32 Å². The Balaban J connectivity index is 1.47. The van der Waals surface area contributed by atoms with Crippen LogP contribution in [-0.2, 0) is 18.4 Å². The van der Waals surface area contributed by atoms with Gasteiger partial charge in [-0.2, -0.15) is 0 Å². The third-order valence-electron chi connectivity index (χ3n) is 3.12. The molecule has 0 radical (unpaired) electrons. The summed E-state index contributed by atoms with van der Waals surface area (Å²) in [5, 5.41) is 14.5. The van der Waals surface area contributed by atoms with E-state index in [4.69, 9.17) is 0 Å². The van der Waals surface area contributed by atoms with E-state index >= 15 is 0 Å². The van der Waals surface area contributed by atoms with Gasteiger partial charge in [0, 0.05) is 18.7 Å². The molecule has 110 valence electrons. The Bertz CT molecular complexity index is 640. The number of hydrogen-bond acceptors (Lipinski definition) is 7. The van der Waals surface area contributed by atoms with Gasteiger partial charge < -0.3 is 5.32 Å². The van der Waals surface area contributed by atoms with Crippen LogP contribution in [0.5, 0.6) is 0 Å². The number of hydrogen-bond donors (Lipinski definition) is 1. The zero-order valence-corrected chi connectivity index (χ0v) is 12.4. The van der Waals surface area contributed by atoms with E-state index in [0.29, 0.717) is 17.6 Å². The summed E-state index contributed by atoms with van der Waals surface area (Å²) in [5.74, 6) is 0.783. The average molecular weight is 305 g/mol. The summed E-state index contributed by atoms with van der Waals surface area (Å²) in [6, 6.07) is 1.97. The first-order chi connectivity index (χ1) is 10.2. The molecule has 0 atom stereocenters. The number of carbonyl (C=O) groups is 1. The first-order valence-corrected chi connectivity index (χ1v) is 7.63. The van der Waals surface area contributed by atoms with Crippen LogP contribution in [0.15, 0.2) is 17.6 Å². The van der Waals surface area contributed by atoms with E-state index in [1.54, 1.807) is 13.4 Å². The van der Waals surface area contributed by atoms with E-state index in [1.165, 1.54) is 29.3 Å². The fourth-order valence-corrected chi connectivity index (χ4v) is 2.51. The van der Waals surface area contributed by atoms with Gasteiger partial charge in [-0.05, 0) is 29.3 Å². The van der Waals surface area contributed by atoms with Crippen LogP contribution in [-0.4, -0.2) is 41.8 Å². The fraction of sp³-hybridized carbons (Fsp3) is 0.500. The fourth-order valence-electron chi connectivity index (χ4n) is 1.83. The van der Waals surface area contributed by atoms with Gasteiger partial charge in [0.15, 0.2) is 0 Å². The Kier molecular flexibility index (Phi) is 4.09. The largest absolute Gasteiger partial charge is 0.350 e. The lowest BCUT2D eigenvalue weighted by molar-refractivity contribution is -0.118. The summed E-state index contributed by atoms with van der Waals surface area (Å²) in [6.07, 6.45) is 3.96. The molecule has 1 aliphatic rings. The van der Waals surface area contributed by atoms with Crippen molar-refractivity contribution in [1.29, 1.82) is 0 Å². The highest BCUT2D eigenvalue weighted by Crippen LogP contribution is 2.38. The van der Waals surface area contributed by atoms with Gasteiger partial charge in [-0.3, -0.25) is 4.79 Å². The molecule has 0 aliphatic heterocycles. The summed E-state index contributed by atoms with van der Waals surface area (Å²) in [4.78, 5) is 20.2. The topological polar surface area (TPSA) is 98.5 Å². The van der Waals surface area contributed by atoms with Crippen molar-refractivity contribution in [3.8, 4) is 0 Å². The normalized spacial score (nSPS) is 14.1. The number of nitrogens with one attached hydrogen (secondary N) is 1. The molecule has 2 aromatic rings. The molecule has 0 aromatic carbocycles. The number of rotatable bonds is 6. The highest BCUT2D eigenvalue weighted by Gasteiger charge is 2.25. The van der Waals surface area contributed by atoms with Crippen molar-refractivity contribution in [3.63, 3.8) is 0 Å². The maximum atomic E-state index is 11.8. The SMILES string of the molecule is Cn1nnnc1SCC(=O)NCc1cc(C2CC2)ncn1. The molecule has 0 bridgehead atoms. The maximum Gasteiger partial charge on any atom is 0.230 e. The molecule has 2 heterocycles. The molecule has 21 heavy (non-hydrogen) atoms. The van der Waals surface area contributed by atoms with E-state index in [2.05, 4.69) is 30.8 Å². The Labute approximate surface area is 125 Å². The molecule has 1 N–H and O–H groups in total. The smallest absolute Gasteiger partial charge is 0.230 e. The van der Waals surface area contributed by atoms with E-state index in [0.717, 1.165) is 11.4 Å². The molecule has 2 aromatic heterocycles. The van der Waals surface area contributed by atoms with Gasteiger partial charge in [0.25, 0.3) is 0 Å². The molecular formula is C12H15N7OS. The van der Waals surface area contributed by atoms with Crippen LogP contribution in [0.3, 0.4) is 0 Å². The van der Waals surface area contributed by atoms with Crippen LogP contribution in [0.1, 0.15) is 30.1 Å². The average Bonchev–Trinajstić information content (AvgIpc) is 3.27. The van der Waals surface area contributed by atoms with Gasteiger partial charge in [-0.15, -0.1) is 5.10 Å². The Morgan fingerprint density at radius 3 is 3.05 bits per heavy atom. The first kappa shape index (κ1) is 13.9.